The summed E-state index contributed by atoms with van der Waals surface area (Å²) < 4.78 is 0. The van der Waals surface area contributed by atoms with E-state index < -0.39 is 0 Å². The van der Waals surface area contributed by atoms with Gasteiger partial charge in [-0.3, -0.25) is 0 Å². The van der Waals surface area contributed by atoms with Crippen LogP contribution in [0, 0.1) is 0 Å². The minimum atomic E-state index is -0.222. The molecule has 0 aromatic rings. The van der Waals surface area contributed by atoms with Crippen LogP contribution >= 0.6 is 0 Å². The van der Waals surface area contributed by atoms with Gasteiger partial charge in [0.2, 0.25) is 0 Å². The summed E-state index contributed by atoms with van der Waals surface area (Å²) in [5.41, 5.74) is 0. The van der Waals surface area contributed by atoms with Gasteiger partial charge in [-0.15, -0.1) is 0 Å². The summed E-state index contributed by atoms with van der Waals surface area (Å²) in [4.78, 5) is 0. The maximum atomic E-state index is 2.40. The van der Waals surface area contributed by atoms with Gasteiger partial charge < -0.3 is 0 Å². The van der Waals surface area contributed by atoms with E-state index in [-0.39, 0.29) is 6.15 Å². The minimum absolute atomic E-state index is 0.222. The molecule has 0 amide bonds. The Kier molecular flexibility index (Phi) is 4.55. The Hall–Kier alpha value is 0.0649. The van der Waals surface area contributed by atoms with Gasteiger partial charge >= 0.3 is 0 Å². The zero-order valence-corrected chi connectivity index (χ0v) is 10.9. The van der Waals surface area contributed by atoms with Crippen molar-refractivity contribution in [3.05, 3.63) is 0 Å². The van der Waals surface area contributed by atoms with Gasteiger partial charge in [0.1, 0.15) is 0 Å². The predicted octanol–water partition coefficient (Wildman–Crippen LogP) is 5.08. The molecule has 0 N–H and O–H groups in total. The lowest BCUT2D eigenvalue weighted by molar-refractivity contribution is 0.753. The molecule has 0 saturated carbocycles. The molecule has 0 aliphatic heterocycles. The standard InChI is InChI=1S/C12H28B/c1-9(2)13(10(3)4,11(5)6)12(7)8/h9-12H,1-8H3/q-1. The molecule has 0 aliphatic rings. The molecule has 0 nitrogen and oxygen atoms in total. The molecule has 0 aromatic carbocycles. The topological polar surface area (TPSA) is 0 Å². The highest BCUT2D eigenvalue weighted by Gasteiger charge is 2.36. The Morgan fingerprint density at radius 1 is 0.462 bits per heavy atom. The van der Waals surface area contributed by atoms with E-state index in [1.54, 1.807) is 0 Å². The van der Waals surface area contributed by atoms with Gasteiger partial charge in [-0.2, -0.15) is 23.3 Å². The van der Waals surface area contributed by atoms with E-state index in [2.05, 4.69) is 55.4 Å². The van der Waals surface area contributed by atoms with Crippen LogP contribution in [0.25, 0.3) is 0 Å². The molecule has 0 saturated heterocycles. The molecule has 0 atom stereocenters. The van der Waals surface area contributed by atoms with Crippen LogP contribution in [-0.4, -0.2) is 6.15 Å². The highest BCUT2D eigenvalue weighted by Crippen LogP contribution is 2.48. The van der Waals surface area contributed by atoms with Crippen molar-refractivity contribution in [3.63, 3.8) is 0 Å². The predicted molar refractivity (Wildman–Crippen MR) is 66.1 cm³/mol. The highest BCUT2D eigenvalue weighted by atomic mass is 14.2. The normalized spacial score (nSPS) is 13.8. The van der Waals surface area contributed by atoms with Gasteiger partial charge in [0.25, 0.3) is 0 Å². The third-order valence-corrected chi connectivity index (χ3v) is 4.62. The molecule has 0 aliphatic carbocycles. The number of rotatable bonds is 4. The first-order valence-corrected chi connectivity index (χ1v) is 5.95. The summed E-state index contributed by atoms with van der Waals surface area (Å²) >= 11 is 0. The van der Waals surface area contributed by atoms with Crippen molar-refractivity contribution in [3.8, 4) is 0 Å². The van der Waals surface area contributed by atoms with Gasteiger partial charge in [-0.1, -0.05) is 55.4 Å². The van der Waals surface area contributed by atoms with Crippen LogP contribution in [0.4, 0.5) is 0 Å². The van der Waals surface area contributed by atoms with Crippen LogP contribution in [0.15, 0.2) is 0 Å². The Bertz CT molecular complexity index is 108. The summed E-state index contributed by atoms with van der Waals surface area (Å²) in [5, 5.41) is 0. The molecule has 0 rings (SSSR count). The summed E-state index contributed by atoms with van der Waals surface area (Å²) in [6.07, 6.45) is -0.222. The van der Waals surface area contributed by atoms with Crippen LogP contribution < -0.4 is 0 Å². The SMILES string of the molecule is CC(C)[B-](C(C)C)(C(C)C)C(C)C. The summed E-state index contributed by atoms with van der Waals surface area (Å²) in [6.45, 7) is 19.2. The summed E-state index contributed by atoms with van der Waals surface area (Å²) in [6, 6.07) is 0. The smallest absolute Gasteiger partial charge is 0.0105 e. The van der Waals surface area contributed by atoms with E-state index >= 15 is 0 Å². The van der Waals surface area contributed by atoms with Crippen LogP contribution in [0.3, 0.4) is 0 Å². The Morgan fingerprint density at radius 3 is 0.615 bits per heavy atom. The lowest BCUT2D eigenvalue weighted by Crippen LogP contribution is -2.47. The average Bonchev–Trinajstić information content (AvgIpc) is 1.82. The second kappa shape index (κ2) is 4.53. The molecular weight excluding hydrogens is 155 g/mol. The van der Waals surface area contributed by atoms with Crippen molar-refractivity contribution >= 4 is 6.15 Å². The zero-order chi connectivity index (χ0) is 10.8. The molecule has 0 fully saturated rings. The van der Waals surface area contributed by atoms with Crippen LogP contribution in [-0.2, 0) is 0 Å². The molecule has 0 aromatic heterocycles. The fourth-order valence-corrected chi connectivity index (χ4v) is 4.62. The lowest BCUT2D eigenvalue weighted by atomic mass is 9.06. The first-order chi connectivity index (χ1) is 5.77. The first-order valence-electron chi connectivity index (χ1n) is 5.95. The zero-order valence-electron chi connectivity index (χ0n) is 10.9. The molecule has 0 spiro atoms. The molecular formula is C12H28B-. The maximum Gasteiger partial charge on any atom is 0.0105 e. The van der Waals surface area contributed by atoms with Crippen molar-refractivity contribution in [2.24, 2.45) is 0 Å². The fraction of sp³-hybridized carbons (Fsp3) is 1.00. The van der Waals surface area contributed by atoms with E-state index in [4.69, 9.17) is 0 Å². The Balaban J connectivity index is 5.06. The van der Waals surface area contributed by atoms with E-state index in [0.717, 1.165) is 23.3 Å². The van der Waals surface area contributed by atoms with E-state index in [1.807, 2.05) is 0 Å². The van der Waals surface area contributed by atoms with E-state index in [1.165, 1.54) is 0 Å². The van der Waals surface area contributed by atoms with Gasteiger partial charge in [0.05, 0.1) is 0 Å². The lowest BCUT2D eigenvalue weighted by Gasteiger charge is -2.55. The number of hydrogen-bond donors (Lipinski definition) is 0. The van der Waals surface area contributed by atoms with E-state index in [9.17, 15) is 0 Å². The largest absolute Gasteiger partial charge is 0.171 e. The van der Waals surface area contributed by atoms with Crippen molar-refractivity contribution in [1.82, 2.24) is 0 Å². The van der Waals surface area contributed by atoms with Crippen molar-refractivity contribution < 1.29 is 0 Å². The quantitative estimate of drug-likeness (QED) is 0.533. The fourth-order valence-electron chi connectivity index (χ4n) is 4.62. The summed E-state index contributed by atoms with van der Waals surface area (Å²) in [5.74, 6) is 3.33. The Morgan fingerprint density at radius 2 is 0.615 bits per heavy atom. The minimum Gasteiger partial charge on any atom is -0.171 e. The monoisotopic (exact) mass is 183 g/mol. The molecule has 0 radical (unpaired) electrons. The second-order valence-corrected chi connectivity index (χ2v) is 6.13. The number of hydrogen-bond acceptors (Lipinski definition) is 0. The van der Waals surface area contributed by atoms with Gasteiger partial charge in [0, 0.05) is 6.15 Å². The molecule has 13 heavy (non-hydrogen) atoms. The molecule has 0 unspecified atom stereocenters. The highest BCUT2D eigenvalue weighted by molar-refractivity contribution is 6.84. The van der Waals surface area contributed by atoms with Crippen LogP contribution in [0.2, 0.25) is 23.3 Å². The first kappa shape index (κ1) is 13.1. The third kappa shape index (κ3) is 2.11. The maximum absolute atomic E-state index is 2.40. The van der Waals surface area contributed by atoms with Gasteiger partial charge in [-0.25, -0.2) is 0 Å². The van der Waals surface area contributed by atoms with Crippen LogP contribution in [0.5, 0.6) is 0 Å². The summed E-state index contributed by atoms with van der Waals surface area (Å²) in [7, 11) is 0. The van der Waals surface area contributed by atoms with Crippen LogP contribution in [0.1, 0.15) is 55.4 Å². The van der Waals surface area contributed by atoms with Crippen molar-refractivity contribution in [2.45, 2.75) is 78.7 Å². The van der Waals surface area contributed by atoms with Gasteiger partial charge in [0.15, 0.2) is 0 Å². The molecule has 80 valence electrons. The van der Waals surface area contributed by atoms with E-state index in [0.29, 0.717) is 0 Å². The van der Waals surface area contributed by atoms with Gasteiger partial charge in [-0.05, 0) is 0 Å². The molecule has 0 bridgehead atoms. The third-order valence-electron chi connectivity index (χ3n) is 4.62. The second-order valence-electron chi connectivity index (χ2n) is 6.13. The molecule has 1 heteroatoms. The van der Waals surface area contributed by atoms with Crippen molar-refractivity contribution in [1.29, 1.82) is 0 Å². The average molecular weight is 183 g/mol. The molecule has 0 heterocycles. The Labute approximate surface area is 85.4 Å². The van der Waals surface area contributed by atoms with Crippen molar-refractivity contribution in [2.75, 3.05) is 0 Å².